The quantitative estimate of drug-likeness (QED) is 0.764. The molecule has 0 spiro atoms. The summed E-state index contributed by atoms with van der Waals surface area (Å²) >= 11 is 0. The molecule has 158 valence electrons. The molecule has 0 saturated carbocycles. The van der Waals surface area contributed by atoms with Gasteiger partial charge in [0.1, 0.15) is 0 Å². The zero-order valence-electron chi connectivity index (χ0n) is 17.4. The molecule has 0 atom stereocenters. The van der Waals surface area contributed by atoms with Crippen LogP contribution in [0.3, 0.4) is 0 Å². The number of carbonyl (C=O) groups is 2. The van der Waals surface area contributed by atoms with Crippen LogP contribution in [0, 0.1) is 0 Å². The van der Waals surface area contributed by atoms with Gasteiger partial charge in [0.25, 0.3) is 5.91 Å². The average Bonchev–Trinajstić information content (AvgIpc) is 3.23. The normalized spacial score (nSPS) is 15.4. The van der Waals surface area contributed by atoms with Gasteiger partial charge >= 0.3 is 0 Å². The fraction of sp³-hybridized carbons (Fsp3) is 0.391. The topological polar surface area (TPSA) is 79.9 Å². The third kappa shape index (κ3) is 4.41. The third-order valence-electron chi connectivity index (χ3n) is 5.75. The van der Waals surface area contributed by atoms with E-state index in [4.69, 9.17) is 9.47 Å². The van der Waals surface area contributed by atoms with Gasteiger partial charge in [0, 0.05) is 30.7 Å². The summed E-state index contributed by atoms with van der Waals surface area (Å²) in [6.45, 7) is 6.68. The summed E-state index contributed by atoms with van der Waals surface area (Å²) in [6, 6.07) is 13.5. The molecule has 0 bridgehead atoms. The highest BCUT2D eigenvalue weighted by atomic mass is 16.7. The first-order valence-electron chi connectivity index (χ1n) is 10.2. The number of fused-ring (bicyclic) bond motifs is 2. The lowest BCUT2D eigenvalue weighted by atomic mass is 9.94. The molecule has 0 aromatic heterocycles. The monoisotopic (exact) mass is 409 g/mol. The van der Waals surface area contributed by atoms with Crippen molar-refractivity contribution in [3.63, 3.8) is 0 Å². The number of hydrogen-bond donors (Lipinski definition) is 2. The molecule has 0 radical (unpaired) electrons. The molecule has 2 aromatic carbocycles. The van der Waals surface area contributed by atoms with Gasteiger partial charge in [0.2, 0.25) is 12.7 Å². The Balaban J connectivity index is 1.25. The fourth-order valence-electron chi connectivity index (χ4n) is 3.80. The van der Waals surface area contributed by atoms with Crippen molar-refractivity contribution in [2.24, 2.45) is 0 Å². The van der Waals surface area contributed by atoms with Gasteiger partial charge in [-0.05, 0) is 49.6 Å². The van der Waals surface area contributed by atoms with E-state index in [2.05, 4.69) is 53.6 Å². The Morgan fingerprint density at radius 1 is 1.03 bits per heavy atom. The van der Waals surface area contributed by atoms with E-state index in [9.17, 15) is 9.59 Å². The first kappa shape index (κ1) is 20.2. The SMILES string of the molecule is CC(C)(CNC(=O)CNC(=O)c1ccc2c(c1)OCO2)N1CCc2ccccc2C1. The van der Waals surface area contributed by atoms with E-state index < -0.39 is 0 Å². The molecule has 0 unspecified atom stereocenters. The van der Waals surface area contributed by atoms with Gasteiger partial charge in [0.05, 0.1) is 6.54 Å². The Bertz CT molecular complexity index is 957. The highest BCUT2D eigenvalue weighted by molar-refractivity contribution is 5.97. The van der Waals surface area contributed by atoms with Crippen LogP contribution in [-0.2, 0) is 17.8 Å². The summed E-state index contributed by atoms with van der Waals surface area (Å²) in [5.74, 6) is 0.619. The van der Waals surface area contributed by atoms with Crippen molar-refractivity contribution in [3.05, 3.63) is 59.2 Å². The van der Waals surface area contributed by atoms with Crippen LogP contribution >= 0.6 is 0 Å². The second-order valence-corrected chi connectivity index (χ2v) is 8.28. The number of carbonyl (C=O) groups excluding carboxylic acids is 2. The minimum absolute atomic E-state index is 0.0772. The Hall–Kier alpha value is -3.06. The van der Waals surface area contributed by atoms with Crippen molar-refractivity contribution < 1.29 is 19.1 Å². The van der Waals surface area contributed by atoms with Crippen LogP contribution in [0.4, 0.5) is 0 Å². The molecule has 7 heteroatoms. The van der Waals surface area contributed by atoms with Crippen LogP contribution in [-0.4, -0.2) is 48.7 Å². The molecule has 2 heterocycles. The Kier molecular flexibility index (Phi) is 5.63. The first-order valence-corrected chi connectivity index (χ1v) is 10.2. The van der Waals surface area contributed by atoms with Crippen molar-refractivity contribution >= 4 is 11.8 Å². The third-order valence-corrected chi connectivity index (χ3v) is 5.75. The number of benzene rings is 2. The molecule has 2 N–H and O–H groups in total. The number of hydrogen-bond acceptors (Lipinski definition) is 5. The van der Waals surface area contributed by atoms with Gasteiger partial charge in [-0.15, -0.1) is 0 Å². The van der Waals surface area contributed by atoms with Gasteiger partial charge in [-0.1, -0.05) is 24.3 Å². The first-order chi connectivity index (χ1) is 14.4. The summed E-state index contributed by atoms with van der Waals surface area (Å²) in [5, 5.41) is 5.61. The van der Waals surface area contributed by atoms with Crippen LogP contribution in [0.5, 0.6) is 11.5 Å². The van der Waals surface area contributed by atoms with E-state index in [1.54, 1.807) is 18.2 Å². The molecular weight excluding hydrogens is 382 g/mol. The standard InChI is InChI=1S/C23H27N3O4/c1-23(2,26-10-9-16-5-3-4-6-18(16)13-26)14-25-21(27)12-24-22(28)17-7-8-19-20(11-17)30-15-29-19/h3-8,11H,9-10,12-15H2,1-2H3,(H,24,28)(H,25,27). The molecule has 0 saturated heterocycles. The van der Waals surface area contributed by atoms with E-state index in [1.807, 2.05) is 0 Å². The zero-order valence-corrected chi connectivity index (χ0v) is 17.4. The predicted octanol–water partition coefficient (Wildman–Crippen LogP) is 2.10. The van der Waals surface area contributed by atoms with Crippen LogP contribution in [0.15, 0.2) is 42.5 Å². The number of nitrogens with one attached hydrogen (secondary N) is 2. The lowest BCUT2D eigenvalue weighted by Gasteiger charge is -2.41. The smallest absolute Gasteiger partial charge is 0.251 e. The summed E-state index contributed by atoms with van der Waals surface area (Å²) in [5.41, 5.74) is 2.99. The predicted molar refractivity (Wildman–Crippen MR) is 113 cm³/mol. The molecule has 2 aromatic rings. The van der Waals surface area contributed by atoms with E-state index in [-0.39, 0.29) is 30.7 Å². The highest BCUT2D eigenvalue weighted by Crippen LogP contribution is 2.32. The molecule has 2 aliphatic heterocycles. The van der Waals surface area contributed by atoms with Crippen molar-refractivity contribution in [1.29, 1.82) is 0 Å². The highest BCUT2D eigenvalue weighted by Gasteiger charge is 2.30. The van der Waals surface area contributed by atoms with Gasteiger partial charge in [-0.3, -0.25) is 14.5 Å². The maximum Gasteiger partial charge on any atom is 0.251 e. The van der Waals surface area contributed by atoms with E-state index in [0.717, 1.165) is 19.5 Å². The Morgan fingerprint density at radius 3 is 2.63 bits per heavy atom. The zero-order chi connectivity index (χ0) is 21.1. The summed E-state index contributed by atoms with van der Waals surface area (Å²) in [7, 11) is 0. The second-order valence-electron chi connectivity index (χ2n) is 8.28. The Labute approximate surface area is 176 Å². The number of amides is 2. The average molecular weight is 409 g/mol. The van der Waals surface area contributed by atoms with Crippen LogP contribution in [0.1, 0.15) is 35.3 Å². The Morgan fingerprint density at radius 2 is 1.80 bits per heavy atom. The fourth-order valence-corrected chi connectivity index (χ4v) is 3.80. The van der Waals surface area contributed by atoms with Gasteiger partial charge in [-0.2, -0.15) is 0 Å². The molecule has 2 amide bonds. The van der Waals surface area contributed by atoms with Crippen molar-refractivity contribution in [2.45, 2.75) is 32.4 Å². The second kappa shape index (κ2) is 8.36. The van der Waals surface area contributed by atoms with Crippen molar-refractivity contribution in [3.8, 4) is 11.5 Å². The summed E-state index contributed by atoms with van der Waals surface area (Å²) in [4.78, 5) is 27.0. The minimum Gasteiger partial charge on any atom is -0.454 e. The molecule has 2 aliphatic rings. The number of rotatable bonds is 6. The number of nitrogens with zero attached hydrogens (tertiary/aromatic N) is 1. The van der Waals surface area contributed by atoms with Crippen LogP contribution in [0.25, 0.3) is 0 Å². The molecule has 7 nitrogen and oxygen atoms in total. The molecule has 4 rings (SSSR count). The largest absolute Gasteiger partial charge is 0.454 e. The maximum atomic E-state index is 12.3. The molecule has 0 aliphatic carbocycles. The lowest BCUT2D eigenvalue weighted by Crippen LogP contribution is -2.54. The minimum atomic E-state index is -0.324. The van der Waals surface area contributed by atoms with Crippen molar-refractivity contribution in [1.82, 2.24) is 15.5 Å². The van der Waals surface area contributed by atoms with Gasteiger partial charge in [-0.25, -0.2) is 0 Å². The molecule has 30 heavy (non-hydrogen) atoms. The number of ether oxygens (including phenoxy) is 2. The van der Waals surface area contributed by atoms with Crippen LogP contribution in [0.2, 0.25) is 0 Å². The van der Waals surface area contributed by atoms with Gasteiger partial charge in [0.15, 0.2) is 11.5 Å². The van der Waals surface area contributed by atoms with Crippen LogP contribution < -0.4 is 20.1 Å². The maximum absolute atomic E-state index is 12.3. The molecular formula is C23H27N3O4. The van der Waals surface area contributed by atoms with E-state index in [1.165, 1.54) is 11.1 Å². The summed E-state index contributed by atoms with van der Waals surface area (Å²) in [6.07, 6.45) is 1.01. The van der Waals surface area contributed by atoms with E-state index >= 15 is 0 Å². The molecule has 0 fully saturated rings. The summed E-state index contributed by atoms with van der Waals surface area (Å²) < 4.78 is 10.5. The van der Waals surface area contributed by atoms with Gasteiger partial charge < -0.3 is 20.1 Å². The van der Waals surface area contributed by atoms with Crippen molar-refractivity contribution in [2.75, 3.05) is 26.4 Å². The lowest BCUT2D eigenvalue weighted by molar-refractivity contribution is -0.120. The van der Waals surface area contributed by atoms with E-state index in [0.29, 0.717) is 23.6 Å².